The summed E-state index contributed by atoms with van der Waals surface area (Å²) in [5, 5.41) is 3.46. The molecular formula is C23H16ClFN2O2. The van der Waals surface area contributed by atoms with Crippen LogP contribution < -0.4 is 10.2 Å². The maximum atomic E-state index is 13.3. The van der Waals surface area contributed by atoms with Crippen LogP contribution in [0.4, 0.5) is 15.8 Å². The predicted octanol–water partition coefficient (Wildman–Crippen LogP) is 5.18. The SMILES string of the molecule is Cc1c(Cl)cccc1N1C(=O)C(Nc2ccc(F)cc2)=C(c2ccccc2)C1=O. The van der Waals surface area contributed by atoms with Crippen molar-refractivity contribution in [1.29, 1.82) is 0 Å². The maximum absolute atomic E-state index is 13.3. The third-order valence-corrected chi connectivity index (χ3v) is 5.15. The lowest BCUT2D eigenvalue weighted by molar-refractivity contribution is -0.120. The van der Waals surface area contributed by atoms with Crippen molar-refractivity contribution in [2.24, 2.45) is 0 Å². The molecule has 0 unspecified atom stereocenters. The monoisotopic (exact) mass is 406 g/mol. The molecule has 0 saturated carbocycles. The van der Waals surface area contributed by atoms with Crippen LogP contribution in [0.1, 0.15) is 11.1 Å². The second-order valence-corrected chi connectivity index (χ2v) is 6.98. The summed E-state index contributed by atoms with van der Waals surface area (Å²) in [7, 11) is 0. The molecule has 1 aliphatic heterocycles. The van der Waals surface area contributed by atoms with E-state index in [1.54, 1.807) is 49.4 Å². The van der Waals surface area contributed by atoms with Gasteiger partial charge in [0, 0.05) is 10.7 Å². The minimum Gasteiger partial charge on any atom is -0.350 e. The average molecular weight is 407 g/mol. The van der Waals surface area contributed by atoms with Gasteiger partial charge in [-0.15, -0.1) is 0 Å². The molecule has 0 atom stereocenters. The lowest BCUT2D eigenvalue weighted by Crippen LogP contribution is -2.33. The number of nitrogens with one attached hydrogen (secondary N) is 1. The van der Waals surface area contributed by atoms with Gasteiger partial charge in [0.15, 0.2) is 0 Å². The molecule has 0 radical (unpaired) electrons. The van der Waals surface area contributed by atoms with E-state index < -0.39 is 17.6 Å². The summed E-state index contributed by atoms with van der Waals surface area (Å²) in [4.78, 5) is 27.8. The van der Waals surface area contributed by atoms with Gasteiger partial charge in [0.05, 0.1) is 11.3 Å². The molecule has 6 heteroatoms. The van der Waals surface area contributed by atoms with Crippen molar-refractivity contribution in [3.63, 3.8) is 0 Å². The third-order valence-electron chi connectivity index (χ3n) is 4.74. The molecule has 0 fully saturated rings. The Hall–Kier alpha value is -3.44. The molecular weight excluding hydrogens is 391 g/mol. The zero-order valence-corrected chi connectivity index (χ0v) is 16.2. The van der Waals surface area contributed by atoms with Gasteiger partial charge in [-0.1, -0.05) is 48.0 Å². The molecule has 0 bridgehead atoms. The van der Waals surface area contributed by atoms with Gasteiger partial charge < -0.3 is 5.32 Å². The zero-order chi connectivity index (χ0) is 20.5. The lowest BCUT2D eigenvalue weighted by atomic mass is 10.0. The van der Waals surface area contributed by atoms with Crippen molar-refractivity contribution in [3.8, 4) is 0 Å². The van der Waals surface area contributed by atoms with Gasteiger partial charge >= 0.3 is 0 Å². The summed E-state index contributed by atoms with van der Waals surface area (Å²) in [6, 6.07) is 19.6. The first-order chi connectivity index (χ1) is 14.0. The zero-order valence-electron chi connectivity index (χ0n) is 15.4. The number of carbonyl (C=O) groups excluding carboxylic acids is 2. The molecule has 1 heterocycles. The molecule has 1 aliphatic rings. The fraction of sp³-hybridized carbons (Fsp3) is 0.0435. The largest absolute Gasteiger partial charge is 0.350 e. The molecule has 1 N–H and O–H groups in total. The molecule has 4 nitrogen and oxygen atoms in total. The van der Waals surface area contributed by atoms with Gasteiger partial charge in [0.2, 0.25) is 0 Å². The van der Waals surface area contributed by atoms with E-state index in [1.807, 2.05) is 6.07 Å². The number of benzene rings is 3. The summed E-state index contributed by atoms with van der Waals surface area (Å²) in [6.07, 6.45) is 0. The van der Waals surface area contributed by atoms with E-state index in [2.05, 4.69) is 5.32 Å². The summed E-state index contributed by atoms with van der Waals surface area (Å²) in [5.74, 6) is -1.34. The first-order valence-corrected chi connectivity index (χ1v) is 9.31. The quantitative estimate of drug-likeness (QED) is 0.607. The van der Waals surface area contributed by atoms with E-state index in [0.717, 1.165) is 4.90 Å². The first kappa shape index (κ1) is 18.9. The van der Waals surface area contributed by atoms with Crippen molar-refractivity contribution in [2.45, 2.75) is 6.92 Å². The molecule has 4 rings (SSSR count). The number of halogens is 2. The van der Waals surface area contributed by atoms with Gasteiger partial charge in [-0.05, 0) is 54.4 Å². The Morgan fingerprint density at radius 1 is 0.862 bits per heavy atom. The number of imide groups is 1. The van der Waals surface area contributed by atoms with E-state index in [0.29, 0.717) is 27.5 Å². The number of amides is 2. The van der Waals surface area contributed by atoms with E-state index >= 15 is 0 Å². The summed E-state index contributed by atoms with van der Waals surface area (Å²) in [6.45, 7) is 1.76. The Morgan fingerprint density at radius 2 is 1.55 bits per heavy atom. The highest BCUT2D eigenvalue weighted by Gasteiger charge is 2.40. The van der Waals surface area contributed by atoms with Crippen LogP contribution >= 0.6 is 11.6 Å². The van der Waals surface area contributed by atoms with Crippen molar-refractivity contribution < 1.29 is 14.0 Å². The smallest absolute Gasteiger partial charge is 0.282 e. The van der Waals surface area contributed by atoms with E-state index in [4.69, 9.17) is 11.6 Å². The fourth-order valence-electron chi connectivity index (χ4n) is 3.25. The number of hydrogen-bond donors (Lipinski definition) is 1. The number of carbonyl (C=O) groups is 2. The fourth-order valence-corrected chi connectivity index (χ4v) is 3.42. The highest BCUT2D eigenvalue weighted by Crippen LogP contribution is 2.36. The van der Waals surface area contributed by atoms with Crippen LogP contribution in [0.15, 0.2) is 78.5 Å². The first-order valence-electron chi connectivity index (χ1n) is 8.93. The van der Waals surface area contributed by atoms with Gasteiger partial charge in [0.1, 0.15) is 11.5 Å². The summed E-state index contributed by atoms with van der Waals surface area (Å²) >= 11 is 6.21. The second kappa shape index (κ2) is 7.53. The second-order valence-electron chi connectivity index (χ2n) is 6.58. The van der Waals surface area contributed by atoms with E-state index in [-0.39, 0.29) is 11.3 Å². The van der Waals surface area contributed by atoms with Crippen LogP contribution in [0.3, 0.4) is 0 Å². The molecule has 2 amide bonds. The molecule has 3 aromatic rings. The molecule has 0 saturated heterocycles. The molecule has 0 aliphatic carbocycles. The van der Waals surface area contributed by atoms with Crippen LogP contribution in [-0.4, -0.2) is 11.8 Å². The van der Waals surface area contributed by atoms with E-state index in [9.17, 15) is 14.0 Å². The normalized spacial score (nSPS) is 14.0. The number of rotatable bonds is 4. The summed E-state index contributed by atoms with van der Waals surface area (Å²) in [5.41, 5.74) is 2.55. The minimum atomic E-state index is -0.497. The van der Waals surface area contributed by atoms with Gasteiger partial charge in [-0.3, -0.25) is 9.59 Å². The Morgan fingerprint density at radius 3 is 2.24 bits per heavy atom. The minimum absolute atomic E-state index is 0.132. The standard InChI is InChI=1S/C23H16ClFN2O2/c1-14-18(24)8-5-9-19(14)27-22(28)20(15-6-3-2-4-7-15)21(23(27)29)26-17-12-10-16(25)11-13-17/h2-13,26H,1H3. The number of nitrogens with zero attached hydrogens (tertiary/aromatic N) is 1. The number of hydrogen-bond acceptors (Lipinski definition) is 3. The van der Waals surface area contributed by atoms with Crippen LogP contribution in [0.25, 0.3) is 5.57 Å². The van der Waals surface area contributed by atoms with Gasteiger partial charge in [0.25, 0.3) is 11.8 Å². The van der Waals surface area contributed by atoms with Crippen LogP contribution in [-0.2, 0) is 9.59 Å². The Bertz CT molecular complexity index is 1140. The molecule has 0 aromatic heterocycles. The van der Waals surface area contributed by atoms with Crippen molar-refractivity contribution in [3.05, 3.63) is 100 Å². The van der Waals surface area contributed by atoms with Crippen LogP contribution in [0.5, 0.6) is 0 Å². The Labute approximate surface area is 172 Å². The Balaban J connectivity index is 1.84. The number of anilines is 2. The van der Waals surface area contributed by atoms with Gasteiger partial charge in [-0.2, -0.15) is 0 Å². The lowest BCUT2D eigenvalue weighted by Gasteiger charge is -2.18. The van der Waals surface area contributed by atoms with Crippen LogP contribution in [0, 0.1) is 12.7 Å². The molecule has 0 spiro atoms. The van der Waals surface area contributed by atoms with Crippen LogP contribution in [0.2, 0.25) is 5.02 Å². The van der Waals surface area contributed by atoms with E-state index in [1.165, 1.54) is 24.3 Å². The highest BCUT2D eigenvalue weighted by atomic mass is 35.5. The summed E-state index contributed by atoms with van der Waals surface area (Å²) < 4.78 is 13.3. The molecule has 3 aromatic carbocycles. The topological polar surface area (TPSA) is 49.4 Å². The Kier molecular flexibility index (Phi) is 4.91. The highest BCUT2D eigenvalue weighted by molar-refractivity contribution is 6.46. The molecule has 144 valence electrons. The van der Waals surface area contributed by atoms with Crippen molar-refractivity contribution >= 4 is 40.4 Å². The average Bonchev–Trinajstić information content (AvgIpc) is 2.96. The predicted molar refractivity (Wildman–Crippen MR) is 112 cm³/mol. The van der Waals surface area contributed by atoms with Crippen molar-refractivity contribution in [1.82, 2.24) is 0 Å². The van der Waals surface area contributed by atoms with Gasteiger partial charge in [-0.25, -0.2) is 9.29 Å². The van der Waals surface area contributed by atoms with Crippen molar-refractivity contribution in [2.75, 3.05) is 10.2 Å². The molecule has 29 heavy (non-hydrogen) atoms. The maximum Gasteiger partial charge on any atom is 0.282 e. The third kappa shape index (κ3) is 3.41.